The van der Waals surface area contributed by atoms with E-state index in [1.165, 1.54) is 0 Å². The van der Waals surface area contributed by atoms with E-state index in [0.29, 0.717) is 62.6 Å². The topological polar surface area (TPSA) is 138 Å². The highest BCUT2D eigenvalue weighted by Gasteiger charge is 2.39. The molecule has 0 unspecified atom stereocenters. The van der Waals surface area contributed by atoms with Crippen molar-refractivity contribution in [3.63, 3.8) is 0 Å². The third-order valence-electron chi connectivity index (χ3n) is 9.78. The average molecular weight is 655 g/mol. The van der Waals surface area contributed by atoms with Crippen LogP contribution in [-0.4, -0.2) is 119 Å². The van der Waals surface area contributed by atoms with E-state index in [9.17, 15) is 14.9 Å². The number of piperazine rings is 1. The second kappa shape index (κ2) is 14.8. The molecule has 0 spiro atoms. The predicted molar refractivity (Wildman–Crippen MR) is 174 cm³/mol. The summed E-state index contributed by atoms with van der Waals surface area (Å²) in [6, 6.07) is 16.1. The SMILES string of the molecule is N#Cc1ccc(CN2CCN3C(=O)c4ccccc4OCC[C@@H]4CC[C@@H](n5cc(CN6CCOCC6)nn5)[C@@H](CNC(=O)[C@@H]3C2)O4)cc1. The van der Waals surface area contributed by atoms with E-state index >= 15 is 0 Å². The molecule has 3 aromatic rings. The molecule has 3 saturated heterocycles. The minimum absolute atomic E-state index is 0.0561. The van der Waals surface area contributed by atoms with Crippen LogP contribution in [0.15, 0.2) is 54.7 Å². The van der Waals surface area contributed by atoms with Gasteiger partial charge in [0.2, 0.25) is 5.91 Å². The van der Waals surface area contributed by atoms with E-state index in [4.69, 9.17) is 14.2 Å². The fourth-order valence-electron chi connectivity index (χ4n) is 7.12. The van der Waals surface area contributed by atoms with Gasteiger partial charge in [0.25, 0.3) is 5.91 Å². The lowest BCUT2D eigenvalue weighted by molar-refractivity contribution is -0.130. The number of hydrogen-bond acceptors (Lipinski definition) is 10. The number of hydrogen-bond donors (Lipinski definition) is 1. The van der Waals surface area contributed by atoms with Crippen LogP contribution in [0.25, 0.3) is 0 Å². The van der Waals surface area contributed by atoms with Gasteiger partial charge in [0.05, 0.1) is 67.2 Å². The summed E-state index contributed by atoms with van der Waals surface area (Å²) >= 11 is 0. The summed E-state index contributed by atoms with van der Waals surface area (Å²) in [6.07, 6.45) is 3.92. The quantitative estimate of drug-likeness (QED) is 0.435. The van der Waals surface area contributed by atoms with Gasteiger partial charge >= 0.3 is 0 Å². The number of rotatable bonds is 5. The van der Waals surface area contributed by atoms with E-state index < -0.39 is 6.04 Å². The van der Waals surface area contributed by atoms with Gasteiger partial charge in [-0.2, -0.15) is 5.26 Å². The Labute approximate surface area is 280 Å². The maximum absolute atomic E-state index is 14.1. The molecule has 7 rings (SSSR count). The van der Waals surface area contributed by atoms with Crippen LogP contribution in [0, 0.1) is 11.3 Å². The van der Waals surface area contributed by atoms with Crippen LogP contribution < -0.4 is 10.1 Å². The lowest BCUT2D eigenvalue weighted by Gasteiger charge is -2.41. The Morgan fingerprint density at radius 3 is 2.58 bits per heavy atom. The molecule has 5 heterocycles. The maximum Gasteiger partial charge on any atom is 0.258 e. The van der Waals surface area contributed by atoms with Gasteiger partial charge in [-0.25, -0.2) is 4.68 Å². The standard InChI is InChI=1S/C35H42N8O5/c36-19-25-5-7-26(8-6-25)21-41-12-13-42-31(24-41)34(44)37-20-33-30(43-23-27(38-39-43)22-40-14-17-46-18-15-40)10-9-28(48-33)11-16-47-32-4-2-1-3-29(32)35(42)45/h1-8,23,28,30-31,33H,9-18,20-22,24H2,(H,37,44)/t28-,30+,31-,33+/m0/s1. The lowest BCUT2D eigenvalue weighted by Crippen LogP contribution is -2.61. The van der Waals surface area contributed by atoms with Crippen molar-refractivity contribution in [2.45, 2.75) is 56.6 Å². The number of carbonyl (C=O) groups is 2. The largest absolute Gasteiger partial charge is 0.493 e. The van der Waals surface area contributed by atoms with Gasteiger partial charge in [-0.05, 0) is 42.7 Å². The zero-order valence-electron chi connectivity index (χ0n) is 27.1. The highest BCUT2D eigenvalue weighted by molar-refractivity contribution is 6.00. The van der Waals surface area contributed by atoms with Crippen LogP contribution in [0.4, 0.5) is 0 Å². The van der Waals surface area contributed by atoms with Crippen LogP contribution in [0.1, 0.15) is 52.5 Å². The molecule has 0 aliphatic carbocycles. The number of carbonyl (C=O) groups excluding carboxylic acids is 2. The van der Waals surface area contributed by atoms with Crippen molar-refractivity contribution in [3.05, 3.63) is 77.1 Å². The highest BCUT2D eigenvalue weighted by atomic mass is 16.5. The number of nitrogens with one attached hydrogen (secondary N) is 1. The molecule has 2 bridgehead atoms. The molecule has 252 valence electrons. The maximum atomic E-state index is 14.1. The van der Waals surface area contributed by atoms with Crippen LogP contribution in [-0.2, 0) is 27.4 Å². The molecule has 2 aromatic carbocycles. The predicted octanol–water partition coefficient (Wildman–Crippen LogP) is 2.00. The Morgan fingerprint density at radius 1 is 0.917 bits per heavy atom. The number of aromatic nitrogens is 3. The van der Waals surface area contributed by atoms with Crippen molar-refractivity contribution in [3.8, 4) is 11.8 Å². The third-order valence-corrected chi connectivity index (χ3v) is 9.78. The number of para-hydroxylation sites is 1. The summed E-state index contributed by atoms with van der Waals surface area (Å²) < 4.78 is 20.2. The van der Waals surface area contributed by atoms with E-state index in [2.05, 4.69) is 31.5 Å². The molecule has 3 fully saturated rings. The molecule has 2 amide bonds. The molecule has 48 heavy (non-hydrogen) atoms. The van der Waals surface area contributed by atoms with Gasteiger partial charge in [-0.15, -0.1) is 5.10 Å². The van der Waals surface area contributed by atoms with E-state index in [1.807, 2.05) is 41.2 Å². The first-order chi connectivity index (χ1) is 23.5. The van der Waals surface area contributed by atoms with Gasteiger partial charge in [-0.3, -0.25) is 19.4 Å². The summed E-state index contributed by atoms with van der Waals surface area (Å²) in [5.41, 5.74) is 2.99. The van der Waals surface area contributed by atoms with Gasteiger partial charge in [0.1, 0.15) is 11.8 Å². The number of ether oxygens (including phenoxy) is 3. The zero-order chi connectivity index (χ0) is 32.9. The molecule has 1 N–H and O–H groups in total. The van der Waals surface area contributed by atoms with E-state index in [-0.39, 0.29) is 36.6 Å². The molecular weight excluding hydrogens is 612 g/mol. The minimum Gasteiger partial charge on any atom is -0.493 e. The fourth-order valence-corrected chi connectivity index (χ4v) is 7.12. The van der Waals surface area contributed by atoms with Crippen LogP contribution in [0.2, 0.25) is 0 Å². The number of nitrogens with zero attached hydrogens (tertiary/aromatic N) is 7. The third kappa shape index (κ3) is 7.37. The Hall–Kier alpha value is -4.35. The van der Waals surface area contributed by atoms with Crippen molar-refractivity contribution in [2.24, 2.45) is 0 Å². The van der Waals surface area contributed by atoms with Gasteiger partial charge in [-0.1, -0.05) is 29.5 Å². The Morgan fingerprint density at radius 2 is 1.75 bits per heavy atom. The number of amides is 2. The van der Waals surface area contributed by atoms with Crippen molar-refractivity contribution < 1.29 is 23.8 Å². The zero-order valence-corrected chi connectivity index (χ0v) is 27.1. The average Bonchev–Trinajstić information content (AvgIpc) is 3.59. The van der Waals surface area contributed by atoms with Crippen LogP contribution >= 0.6 is 0 Å². The van der Waals surface area contributed by atoms with E-state index in [0.717, 1.165) is 50.4 Å². The molecule has 4 aliphatic rings. The molecule has 13 nitrogen and oxygen atoms in total. The first kappa shape index (κ1) is 32.2. The summed E-state index contributed by atoms with van der Waals surface area (Å²) in [4.78, 5) is 34.3. The molecule has 4 aliphatic heterocycles. The highest BCUT2D eigenvalue weighted by Crippen LogP contribution is 2.31. The molecule has 0 radical (unpaired) electrons. The van der Waals surface area contributed by atoms with Crippen molar-refractivity contribution in [1.29, 1.82) is 5.26 Å². The van der Waals surface area contributed by atoms with Crippen molar-refractivity contribution in [2.75, 3.05) is 59.1 Å². The molecule has 0 saturated carbocycles. The Balaban J connectivity index is 1.11. The van der Waals surface area contributed by atoms with Gasteiger partial charge in [0.15, 0.2) is 0 Å². The summed E-state index contributed by atoms with van der Waals surface area (Å²) in [6.45, 7) is 6.55. The summed E-state index contributed by atoms with van der Waals surface area (Å²) in [7, 11) is 0. The first-order valence-corrected chi connectivity index (χ1v) is 16.9. The minimum atomic E-state index is -0.718. The molecule has 13 heteroatoms. The number of morpholine rings is 1. The summed E-state index contributed by atoms with van der Waals surface area (Å²) in [5, 5.41) is 21.3. The summed E-state index contributed by atoms with van der Waals surface area (Å²) in [5.74, 6) is 0.0735. The van der Waals surface area contributed by atoms with Gasteiger partial charge < -0.3 is 24.4 Å². The lowest BCUT2D eigenvalue weighted by atomic mass is 9.96. The number of benzene rings is 2. The molecule has 1 aromatic heterocycles. The molecular formula is C35H42N8O5. The van der Waals surface area contributed by atoms with Crippen molar-refractivity contribution in [1.82, 2.24) is 35.0 Å². The normalized spacial score (nSPS) is 25.9. The Kier molecular flexibility index (Phi) is 9.95. The monoisotopic (exact) mass is 654 g/mol. The van der Waals surface area contributed by atoms with Crippen LogP contribution in [0.3, 0.4) is 0 Å². The molecule has 4 atom stereocenters. The van der Waals surface area contributed by atoms with Gasteiger partial charge in [0, 0.05) is 58.8 Å². The Bertz CT molecular complexity index is 1620. The number of nitriles is 1. The fraction of sp³-hybridized carbons (Fsp3) is 0.514. The second-order valence-electron chi connectivity index (χ2n) is 13.0. The van der Waals surface area contributed by atoms with Crippen LogP contribution in [0.5, 0.6) is 5.75 Å². The smallest absolute Gasteiger partial charge is 0.258 e. The first-order valence-electron chi connectivity index (χ1n) is 16.9. The van der Waals surface area contributed by atoms with E-state index in [1.54, 1.807) is 23.1 Å². The number of fused-ring (bicyclic) bond motifs is 4. The second-order valence-corrected chi connectivity index (χ2v) is 13.0. The van der Waals surface area contributed by atoms with Crippen molar-refractivity contribution >= 4 is 11.8 Å².